The number of benzene rings is 2. The van der Waals surface area contributed by atoms with Gasteiger partial charge in [-0.1, -0.05) is 35.3 Å². The number of carbonyl (C=O) groups is 1. The fourth-order valence-electron chi connectivity index (χ4n) is 2.46. The second-order valence-electron chi connectivity index (χ2n) is 5.60. The molecule has 0 unspecified atom stereocenters. The highest BCUT2D eigenvalue weighted by atomic mass is 35.5. The molecule has 0 aliphatic heterocycles. The third-order valence-electron chi connectivity index (χ3n) is 3.68. The van der Waals surface area contributed by atoms with Gasteiger partial charge in [-0.25, -0.2) is 0 Å². The molecule has 0 saturated carbocycles. The first-order valence-electron chi connectivity index (χ1n) is 7.91. The zero-order valence-corrected chi connectivity index (χ0v) is 15.6. The molecule has 1 atom stereocenters. The highest BCUT2D eigenvalue weighted by molar-refractivity contribution is 6.42. The van der Waals surface area contributed by atoms with Crippen molar-refractivity contribution >= 4 is 29.2 Å². The Hall–Kier alpha value is -1.75. The van der Waals surface area contributed by atoms with Crippen LogP contribution in [-0.2, 0) is 16.1 Å². The molecule has 2 aromatic carbocycles. The molecule has 1 N–H and O–H groups in total. The second-order valence-corrected chi connectivity index (χ2v) is 6.42. The van der Waals surface area contributed by atoms with Crippen molar-refractivity contribution in [3.63, 3.8) is 0 Å². The summed E-state index contributed by atoms with van der Waals surface area (Å²) in [6, 6.07) is 10.9. The van der Waals surface area contributed by atoms with Gasteiger partial charge < -0.3 is 14.6 Å². The lowest BCUT2D eigenvalue weighted by molar-refractivity contribution is -0.140. The molecule has 0 spiro atoms. The van der Waals surface area contributed by atoms with E-state index in [0.29, 0.717) is 23.3 Å². The number of carboxylic acids is 1. The van der Waals surface area contributed by atoms with Crippen molar-refractivity contribution in [3.8, 4) is 5.75 Å². The number of hydrogen-bond acceptors (Lipinski definition) is 3. The number of hydrogen-bond donors (Lipinski definition) is 1. The second kappa shape index (κ2) is 9.09. The first kappa shape index (κ1) is 19.6. The van der Waals surface area contributed by atoms with E-state index in [0.717, 1.165) is 22.4 Å². The van der Waals surface area contributed by atoms with Crippen molar-refractivity contribution < 1.29 is 19.4 Å². The third-order valence-corrected chi connectivity index (χ3v) is 4.42. The van der Waals surface area contributed by atoms with Crippen LogP contribution in [0.15, 0.2) is 36.4 Å². The minimum atomic E-state index is -0.893. The van der Waals surface area contributed by atoms with Gasteiger partial charge in [0.15, 0.2) is 0 Å². The van der Waals surface area contributed by atoms with Gasteiger partial charge in [-0.2, -0.15) is 0 Å². The lowest BCUT2D eigenvalue weighted by Gasteiger charge is -2.17. The van der Waals surface area contributed by atoms with Crippen LogP contribution >= 0.6 is 23.2 Å². The Bertz CT molecular complexity index is 746. The number of carboxylic acid groups (broad SMARTS) is 1. The molecule has 134 valence electrons. The molecule has 0 amide bonds. The molecule has 0 radical (unpaired) electrons. The molecular weight excluding hydrogens is 363 g/mol. The summed E-state index contributed by atoms with van der Waals surface area (Å²) in [5.74, 6) is -0.170. The monoisotopic (exact) mass is 382 g/mol. The molecule has 0 aliphatic carbocycles. The smallest absolute Gasteiger partial charge is 0.306 e. The van der Waals surface area contributed by atoms with Crippen LogP contribution in [0, 0.1) is 6.92 Å². The quantitative estimate of drug-likeness (QED) is 0.660. The van der Waals surface area contributed by atoms with E-state index in [4.69, 9.17) is 37.8 Å². The summed E-state index contributed by atoms with van der Waals surface area (Å²) < 4.78 is 11.4. The topological polar surface area (TPSA) is 55.8 Å². The Labute approximate surface area is 157 Å². The van der Waals surface area contributed by atoms with E-state index in [1.165, 1.54) is 0 Å². The van der Waals surface area contributed by atoms with Crippen LogP contribution in [0.25, 0.3) is 0 Å². The van der Waals surface area contributed by atoms with Crippen LogP contribution in [0.2, 0.25) is 10.0 Å². The molecule has 0 saturated heterocycles. The van der Waals surface area contributed by atoms with Gasteiger partial charge in [-0.15, -0.1) is 0 Å². The standard InChI is InChI=1S/C19H20Cl2O4/c1-3-24-18(10-19(22)23)14-5-7-17(12(2)8-14)25-11-13-4-6-15(20)16(21)9-13/h4-9,18H,3,10-11H2,1-2H3,(H,22,23)/t18-/m1/s1. The predicted molar refractivity (Wildman–Crippen MR) is 98.6 cm³/mol. The fourth-order valence-corrected chi connectivity index (χ4v) is 2.78. The highest BCUT2D eigenvalue weighted by Crippen LogP contribution is 2.28. The Morgan fingerprint density at radius 2 is 1.92 bits per heavy atom. The Morgan fingerprint density at radius 3 is 2.52 bits per heavy atom. The Balaban J connectivity index is 2.09. The third kappa shape index (κ3) is 5.63. The van der Waals surface area contributed by atoms with E-state index in [-0.39, 0.29) is 6.42 Å². The molecule has 2 aromatic rings. The van der Waals surface area contributed by atoms with Gasteiger partial charge >= 0.3 is 5.97 Å². The van der Waals surface area contributed by atoms with Gasteiger partial charge in [0.25, 0.3) is 0 Å². The van der Waals surface area contributed by atoms with E-state index in [1.807, 2.05) is 38.1 Å². The lowest BCUT2D eigenvalue weighted by Crippen LogP contribution is -2.10. The number of halogens is 2. The highest BCUT2D eigenvalue weighted by Gasteiger charge is 2.17. The van der Waals surface area contributed by atoms with Crippen molar-refractivity contribution in [2.24, 2.45) is 0 Å². The first-order valence-corrected chi connectivity index (χ1v) is 8.67. The molecule has 2 rings (SSSR count). The van der Waals surface area contributed by atoms with Crippen LogP contribution in [0.5, 0.6) is 5.75 Å². The first-order chi connectivity index (χ1) is 11.9. The van der Waals surface area contributed by atoms with Crippen molar-refractivity contribution in [2.75, 3.05) is 6.61 Å². The van der Waals surface area contributed by atoms with E-state index in [2.05, 4.69) is 0 Å². The Kier molecular flexibility index (Phi) is 7.12. The number of rotatable bonds is 8. The van der Waals surface area contributed by atoms with Gasteiger partial charge in [0.1, 0.15) is 12.4 Å². The molecular formula is C19H20Cl2O4. The minimum Gasteiger partial charge on any atom is -0.489 e. The van der Waals surface area contributed by atoms with Crippen LogP contribution in [-0.4, -0.2) is 17.7 Å². The molecule has 0 aromatic heterocycles. The minimum absolute atomic E-state index is 0.0727. The van der Waals surface area contributed by atoms with Crippen LogP contribution in [0.3, 0.4) is 0 Å². The zero-order chi connectivity index (χ0) is 18.4. The lowest BCUT2D eigenvalue weighted by atomic mass is 10.0. The average molecular weight is 383 g/mol. The summed E-state index contributed by atoms with van der Waals surface area (Å²) in [7, 11) is 0. The van der Waals surface area contributed by atoms with Crippen molar-refractivity contribution in [1.29, 1.82) is 0 Å². The molecule has 0 bridgehead atoms. The summed E-state index contributed by atoms with van der Waals surface area (Å²) in [5.41, 5.74) is 2.65. The molecule has 0 aliphatic rings. The van der Waals surface area contributed by atoms with Crippen LogP contribution in [0.4, 0.5) is 0 Å². The van der Waals surface area contributed by atoms with Gasteiger partial charge in [0, 0.05) is 6.61 Å². The van der Waals surface area contributed by atoms with Gasteiger partial charge in [0.2, 0.25) is 0 Å². The maximum atomic E-state index is 11.0. The van der Waals surface area contributed by atoms with Gasteiger partial charge in [0.05, 0.1) is 22.6 Å². The maximum absolute atomic E-state index is 11.0. The average Bonchev–Trinajstić information content (AvgIpc) is 2.56. The summed E-state index contributed by atoms with van der Waals surface area (Å²) in [6.07, 6.45) is -0.540. The SMILES string of the molecule is CCO[C@H](CC(=O)O)c1ccc(OCc2ccc(Cl)c(Cl)c2)c(C)c1. The fraction of sp³-hybridized carbons (Fsp3) is 0.316. The molecule has 4 nitrogen and oxygen atoms in total. The molecule has 0 fully saturated rings. The van der Waals surface area contributed by atoms with Crippen molar-refractivity contribution in [1.82, 2.24) is 0 Å². The van der Waals surface area contributed by atoms with Crippen molar-refractivity contribution in [2.45, 2.75) is 33.0 Å². The van der Waals surface area contributed by atoms with Gasteiger partial charge in [-0.3, -0.25) is 4.79 Å². The number of aliphatic carboxylic acids is 1. The molecule has 0 heterocycles. The van der Waals surface area contributed by atoms with E-state index in [1.54, 1.807) is 12.1 Å². The summed E-state index contributed by atoms with van der Waals surface area (Å²) in [4.78, 5) is 11.0. The van der Waals surface area contributed by atoms with E-state index >= 15 is 0 Å². The summed E-state index contributed by atoms with van der Waals surface area (Å²) in [5, 5.41) is 10.0. The predicted octanol–water partition coefficient (Wildman–Crippen LogP) is 5.43. The number of aryl methyl sites for hydroxylation is 1. The van der Waals surface area contributed by atoms with E-state index in [9.17, 15) is 4.79 Å². The Morgan fingerprint density at radius 1 is 1.16 bits per heavy atom. The zero-order valence-electron chi connectivity index (χ0n) is 14.1. The normalized spacial score (nSPS) is 12.0. The molecule has 25 heavy (non-hydrogen) atoms. The van der Waals surface area contributed by atoms with Gasteiger partial charge in [-0.05, 0) is 54.8 Å². The largest absolute Gasteiger partial charge is 0.489 e. The summed E-state index contributed by atoms with van der Waals surface area (Å²) >= 11 is 11.9. The van der Waals surface area contributed by atoms with Crippen LogP contribution in [0.1, 0.15) is 36.1 Å². The number of ether oxygens (including phenoxy) is 2. The molecule has 6 heteroatoms. The van der Waals surface area contributed by atoms with Crippen LogP contribution < -0.4 is 4.74 Å². The summed E-state index contributed by atoms with van der Waals surface area (Å²) in [6.45, 7) is 4.57. The maximum Gasteiger partial charge on any atom is 0.306 e. The van der Waals surface area contributed by atoms with Crippen molar-refractivity contribution in [3.05, 3.63) is 63.1 Å². The van der Waals surface area contributed by atoms with E-state index < -0.39 is 12.1 Å².